The summed E-state index contributed by atoms with van der Waals surface area (Å²) in [4.78, 5) is 12.9. The van der Waals surface area contributed by atoms with E-state index in [1.165, 1.54) is 31.0 Å². The van der Waals surface area contributed by atoms with Crippen LogP contribution in [0.25, 0.3) is 0 Å². The Labute approximate surface area is 127 Å². The number of halogens is 1. The minimum atomic E-state index is -0.307. The third-order valence-electron chi connectivity index (χ3n) is 2.87. The van der Waals surface area contributed by atoms with E-state index in [4.69, 9.17) is 9.47 Å². The van der Waals surface area contributed by atoms with Crippen LogP contribution in [0.3, 0.4) is 0 Å². The summed E-state index contributed by atoms with van der Waals surface area (Å²) in [5.41, 5.74) is 0.538. The smallest absolute Gasteiger partial charge is 0.173 e. The number of thioether (sulfide) groups is 1. The van der Waals surface area contributed by atoms with Crippen molar-refractivity contribution in [1.29, 1.82) is 0 Å². The molecule has 0 bridgehead atoms. The molecule has 0 N–H and O–H groups in total. The molecule has 2 aromatic rings. The molecule has 0 spiro atoms. The monoisotopic (exact) mass is 306 g/mol. The summed E-state index contributed by atoms with van der Waals surface area (Å²) in [7, 11) is 3.06. The summed E-state index contributed by atoms with van der Waals surface area (Å²) in [6, 6.07) is 11.2. The van der Waals surface area contributed by atoms with Crippen LogP contribution in [0.2, 0.25) is 0 Å². The first-order valence-corrected chi connectivity index (χ1v) is 7.26. The van der Waals surface area contributed by atoms with Gasteiger partial charge in [-0.25, -0.2) is 4.39 Å². The largest absolute Gasteiger partial charge is 0.493 e. The summed E-state index contributed by atoms with van der Waals surface area (Å²) in [5, 5.41) is 0. The second kappa shape index (κ2) is 7.13. The fraction of sp³-hybridized carbons (Fsp3) is 0.188. The fourth-order valence-electron chi connectivity index (χ4n) is 1.80. The third-order valence-corrected chi connectivity index (χ3v) is 3.87. The van der Waals surface area contributed by atoms with Crippen molar-refractivity contribution in [2.45, 2.75) is 4.90 Å². The maximum atomic E-state index is 13.1. The molecule has 21 heavy (non-hydrogen) atoms. The molecule has 110 valence electrons. The van der Waals surface area contributed by atoms with Crippen molar-refractivity contribution in [3.05, 3.63) is 53.8 Å². The van der Waals surface area contributed by atoms with Crippen LogP contribution in [0.1, 0.15) is 10.4 Å². The van der Waals surface area contributed by atoms with E-state index in [0.29, 0.717) is 17.1 Å². The molecule has 0 atom stereocenters. The number of ether oxygens (including phenoxy) is 2. The number of carbonyl (C=O) groups is 1. The zero-order chi connectivity index (χ0) is 15.2. The predicted octanol–water partition coefficient (Wildman–Crippen LogP) is 3.82. The van der Waals surface area contributed by atoms with Gasteiger partial charge in [0, 0.05) is 10.5 Å². The molecule has 2 aromatic carbocycles. The predicted molar refractivity (Wildman–Crippen MR) is 81.0 cm³/mol. The third kappa shape index (κ3) is 3.98. The van der Waals surface area contributed by atoms with E-state index in [1.807, 2.05) is 0 Å². The van der Waals surface area contributed by atoms with Crippen LogP contribution >= 0.6 is 11.8 Å². The first kappa shape index (κ1) is 15.4. The van der Waals surface area contributed by atoms with Gasteiger partial charge in [-0.15, -0.1) is 11.8 Å². The van der Waals surface area contributed by atoms with E-state index in [2.05, 4.69) is 0 Å². The second-order valence-electron chi connectivity index (χ2n) is 4.24. The molecule has 0 aliphatic heterocycles. The van der Waals surface area contributed by atoms with Crippen LogP contribution in [-0.4, -0.2) is 25.8 Å². The molecule has 0 fully saturated rings. The molecular formula is C16H15FO3S. The average Bonchev–Trinajstić information content (AvgIpc) is 2.52. The topological polar surface area (TPSA) is 35.5 Å². The molecule has 0 unspecified atom stereocenters. The summed E-state index contributed by atoms with van der Waals surface area (Å²) < 4.78 is 23.4. The lowest BCUT2D eigenvalue weighted by Crippen LogP contribution is -2.03. The number of rotatable bonds is 6. The van der Waals surface area contributed by atoms with E-state index >= 15 is 0 Å². The van der Waals surface area contributed by atoms with Gasteiger partial charge < -0.3 is 9.47 Å². The highest BCUT2D eigenvalue weighted by molar-refractivity contribution is 8.00. The first-order valence-electron chi connectivity index (χ1n) is 6.27. The summed E-state index contributed by atoms with van der Waals surface area (Å²) in [6.07, 6.45) is 0. The standard InChI is InChI=1S/C16H15FO3S/c1-19-15-7-6-11(8-16(15)20-2)14(18)10-21-13-5-3-4-12(17)9-13/h3-9H,10H2,1-2H3. The number of benzene rings is 2. The van der Waals surface area contributed by atoms with Crippen molar-refractivity contribution >= 4 is 17.5 Å². The normalized spacial score (nSPS) is 10.2. The van der Waals surface area contributed by atoms with Gasteiger partial charge in [0.2, 0.25) is 0 Å². The highest BCUT2D eigenvalue weighted by Crippen LogP contribution is 2.28. The van der Waals surface area contributed by atoms with Crippen LogP contribution in [0.5, 0.6) is 11.5 Å². The highest BCUT2D eigenvalue weighted by atomic mass is 32.2. The van der Waals surface area contributed by atoms with Crippen LogP contribution in [-0.2, 0) is 0 Å². The zero-order valence-corrected chi connectivity index (χ0v) is 12.6. The van der Waals surface area contributed by atoms with Crippen molar-refractivity contribution in [3.63, 3.8) is 0 Å². The Hall–Kier alpha value is -2.01. The molecule has 0 aliphatic carbocycles. The van der Waals surface area contributed by atoms with E-state index in [-0.39, 0.29) is 17.4 Å². The Bertz CT molecular complexity index is 643. The Balaban J connectivity index is 2.06. The Morgan fingerprint density at radius 3 is 2.52 bits per heavy atom. The van der Waals surface area contributed by atoms with E-state index in [0.717, 1.165) is 4.90 Å². The van der Waals surface area contributed by atoms with Crippen LogP contribution < -0.4 is 9.47 Å². The lowest BCUT2D eigenvalue weighted by Gasteiger charge is -2.09. The summed E-state index contributed by atoms with van der Waals surface area (Å²) >= 11 is 1.30. The second-order valence-corrected chi connectivity index (χ2v) is 5.29. The molecule has 0 saturated carbocycles. The van der Waals surface area contributed by atoms with Crippen LogP contribution in [0.4, 0.5) is 4.39 Å². The van der Waals surface area contributed by atoms with Crippen molar-refractivity contribution in [2.75, 3.05) is 20.0 Å². The molecule has 3 nitrogen and oxygen atoms in total. The number of hydrogen-bond donors (Lipinski definition) is 0. The molecule has 0 heterocycles. The van der Waals surface area contributed by atoms with E-state index < -0.39 is 0 Å². The Morgan fingerprint density at radius 2 is 1.86 bits per heavy atom. The van der Waals surface area contributed by atoms with E-state index in [9.17, 15) is 9.18 Å². The van der Waals surface area contributed by atoms with Gasteiger partial charge in [0.1, 0.15) is 5.82 Å². The molecule has 0 saturated heterocycles. The lowest BCUT2D eigenvalue weighted by molar-refractivity contribution is 0.102. The van der Waals surface area contributed by atoms with Crippen LogP contribution in [0.15, 0.2) is 47.4 Å². The van der Waals surface area contributed by atoms with Gasteiger partial charge in [-0.1, -0.05) is 6.07 Å². The van der Waals surface area contributed by atoms with Crippen molar-refractivity contribution in [2.24, 2.45) is 0 Å². The fourth-order valence-corrected chi connectivity index (χ4v) is 2.63. The summed E-state index contributed by atoms with van der Waals surface area (Å²) in [6.45, 7) is 0. The van der Waals surface area contributed by atoms with Crippen molar-refractivity contribution in [3.8, 4) is 11.5 Å². The maximum Gasteiger partial charge on any atom is 0.173 e. The van der Waals surface area contributed by atoms with Gasteiger partial charge in [-0.05, 0) is 36.4 Å². The van der Waals surface area contributed by atoms with Crippen LogP contribution in [0, 0.1) is 5.82 Å². The van der Waals surface area contributed by atoms with Gasteiger partial charge in [-0.2, -0.15) is 0 Å². The average molecular weight is 306 g/mol. The van der Waals surface area contributed by atoms with Gasteiger partial charge >= 0.3 is 0 Å². The Morgan fingerprint density at radius 1 is 1.10 bits per heavy atom. The number of Topliss-reactive ketones (excluding diaryl/α,β-unsaturated/α-hetero) is 1. The number of hydrogen-bond acceptors (Lipinski definition) is 4. The number of ketones is 1. The summed E-state index contributed by atoms with van der Waals surface area (Å²) in [5.74, 6) is 0.966. The quantitative estimate of drug-likeness (QED) is 0.600. The van der Waals surface area contributed by atoms with Gasteiger partial charge in [-0.3, -0.25) is 4.79 Å². The van der Waals surface area contributed by atoms with Gasteiger partial charge in [0.15, 0.2) is 17.3 Å². The molecular weight excluding hydrogens is 291 g/mol. The molecule has 0 radical (unpaired) electrons. The lowest BCUT2D eigenvalue weighted by atomic mass is 10.1. The molecule has 0 amide bonds. The van der Waals surface area contributed by atoms with Crippen molar-refractivity contribution in [1.82, 2.24) is 0 Å². The number of methoxy groups -OCH3 is 2. The first-order chi connectivity index (χ1) is 10.1. The minimum absolute atomic E-state index is 0.0507. The molecule has 0 aliphatic rings. The minimum Gasteiger partial charge on any atom is -0.493 e. The maximum absolute atomic E-state index is 13.1. The Kier molecular flexibility index (Phi) is 5.22. The van der Waals surface area contributed by atoms with Crippen molar-refractivity contribution < 1.29 is 18.7 Å². The molecule has 0 aromatic heterocycles. The molecule has 2 rings (SSSR count). The molecule has 5 heteroatoms. The van der Waals surface area contributed by atoms with Gasteiger partial charge in [0.05, 0.1) is 20.0 Å². The van der Waals surface area contributed by atoms with E-state index in [1.54, 1.807) is 37.4 Å². The SMILES string of the molecule is COc1ccc(C(=O)CSc2cccc(F)c2)cc1OC. The van der Waals surface area contributed by atoms with Gasteiger partial charge in [0.25, 0.3) is 0 Å². The zero-order valence-electron chi connectivity index (χ0n) is 11.8. The highest BCUT2D eigenvalue weighted by Gasteiger charge is 2.11. The number of carbonyl (C=O) groups excluding carboxylic acids is 1.